The third-order valence-corrected chi connectivity index (χ3v) is 3.59. The smallest absolute Gasteiger partial charge is 0.293 e. The van der Waals surface area contributed by atoms with E-state index in [0.717, 1.165) is 17.7 Å². The maximum atomic E-state index is 13.6. The van der Waals surface area contributed by atoms with Gasteiger partial charge in [-0.05, 0) is 40.5 Å². The highest BCUT2D eigenvalue weighted by molar-refractivity contribution is 9.10. The van der Waals surface area contributed by atoms with E-state index in [9.17, 15) is 18.9 Å². The van der Waals surface area contributed by atoms with Crippen LogP contribution in [0.15, 0.2) is 40.9 Å². The lowest BCUT2D eigenvalue weighted by Gasteiger charge is -2.16. The van der Waals surface area contributed by atoms with E-state index < -0.39 is 10.7 Å². The second-order valence-electron chi connectivity index (χ2n) is 4.46. The molecule has 2 aromatic rings. The number of nitro groups is 1. The summed E-state index contributed by atoms with van der Waals surface area (Å²) in [4.78, 5) is 10.4. The molecule has 0 saturated heterocycles. The molecule has 0 radical (unpaired) electrons. The molecule has 1 unspecified atom stereocenters. The zero-order valence-electron chi connectivity index (χ0n) is 10.9. The van der Waals surface area contributed by atoms with Gasteiger partial charge in [-0.2, -0.15) is 0 Å². The molecule has 0 amide bonds. The van der Waals surface area contributed by atoms with Gasteiger partial charge in [0.15, 0.2) is 0 Å². The topological polar surface area (TPSA) is 55.2 Å². The maximum Gasteiger partial charge on any atom is 0.293 e. The van der Waals surface area contributed by atoms with Crippen LogP contribution in [0.3, 0.4) is 0 Å². The largest absolute Gasteiger partial charge is 0.373 e. The highest BCUT2D eigenvalue weighted by Gasteiger charge is 2.19. The van der Waals surface area contributed by atoms with E-state index in [4.69, 9.17) is 0 Å². The SMILES string of the molecule is CC(Nc1cc(F)c(Br)cc1[N+](=O)[O-])c1ccc(F)cc1. The van der Waals surface area contributed by atoms with Crippen LogP contribution in [0.1, 0.15) is 18.5 Å². The molecule has 0 saturated carbocycles. The summed E-state index contributed by atoms with van der Waals surface area (Å²) < 4.78 is 26.5. The monoisotopic (exact) mass is 356 g/mol. The number of nitro benzene ring substituents is 1. The molecule has 4 nitrogen and oxygen atoms in total. The van der Waals surface area contributed by atoms with Crippen LogP contribution in [0, 0.1) is 21.7 Å². The number of hydrogen-bond acceptors (Lipinski definition) is 3. The Hall–Kier alpha value is -2.02. The highest BCUT2D eigenvalue weighted by atomic mass is 79.9. The van der Waals surface area contributed by atoms with E-state index in [-0.39, 0.29) is 27.7 Å². The van der Waals surface area contributed by atoms with Gasteiger partial charge in [0.1, 0.15) is 17.3 Å². The van der Waals surface area contributed by atoms with Crippen molar-refractivity contribution in [3.63, 3.8) is 0 Å². The third kappa shape index (κ3) is 3.55. The van der Waals surface area contributed by atoms with Crippen LogP contribution in [0.25, 0.3) is 0 Å². The molecular weight excluding hydrogens is 346 g/mol. The van der Waals surface area contributed by atoms with Gasteiger partial charge >= 0.3 is 0 Å². The summed E-state index contributed by atoms with van der Waals surface area (Å²) in [5.74, 6) is -0.971. The van der Waals surface area contributed by atoms with Crippen molar-refractivity contribution in [1.29, 1.82) is 0 Å². The van der Waals surface area contributed by atoms with E-state index in [1.165, 1.54) is 12.1 Å². The van der Waals surface area contributed by atoms with Crippen molar-refractivity contribution in [2.75, 3.05) is 5.32 Å². The molecule has 0 spiro atoms. The first-order chi connectivity index (χ1) is 9.88. The van der Waals surface area contributed by atoms with Crippen molar-refractivity contribution in [3.8, 4) is 0 Å². The Morgan fingerprint density at radius 1 is 1.24 bits per heavy atom. The Morgan fingerprint density at radius 2 is 1.86 bits per heavy atom. The fraction of sp³-hybridized carbons (Fsp3) is 0.143. The van der Waals surface area contributed by atoms with Crippen molar-refractivity contribution in [1.82, 2.24) is 0 Å². The van der Waals surface area contributed by atoms with Crippen molar-refractivity contribution < 1.29 is 13.7 Å². The van der Waals surface area contributed by atoms with Gasteiger partial charge in [-0.3, -0.25) is 10.1 Å². The fourth-order valence-electron chi connectivity index (χ4n) is 1.87. The number of anilines is 1. The average molecular weight is 357 g/mol. The van der Waals surface area contributed by atoms with Crippen LogP contribution in [-0.2, 0) is 0 Å². The third-order valence-electron chi connectivity index (χ3n) is 2.98. The summed E-state index contributed by atoms with van der Waals surface area (Å²) in [5, 5.41) is 13.9. The first-order valence-corrected chi connectivity index (χ1v) is 6.83. The van der Waals surface area contributed by atoms with E-state index in [1.54, 1.807) is 19.1 Å². The molecule has 7 heteroatoms. The van der Waals surface area contributed by atoms with Crippen LogP contribution in [0.5, 0.6) is 0 Å². The summed E-state index contributed by atoms with van der Waals surface area (Å²) in [6, 6.07) is 7.54. The lowest BCUT2D eigenvalue weighted by atomic mass is 10.1. The van der Waals surface area contributed by atoms with E-state index in [2.05, 4.69) is 21.2 Å². The molecule has 0 aromatic heterocycles. The predicted octanol–water partition coefficient (Wildman–Crippen LogP) is 4.81. The van der Waals surface area contributed by atoms with Crippen LogP contribution in [-0.4, -0.2) is 4.92 Å². The van der Waals surface area contributed by atoms with Crippen LogP contribution in [0.2, 0.25) is 0 Å². The molecule has 0 aliphatic heterocycles. The Balaban J connectivity index is 2.32. The van der Waals surface area contributed by atoms with Gasteiger partial charge < -0.3 is 5.32 Å². The fourth-order valence-corrected chi connectivity index (χ4v) is 2.20. The number of nitrogens with one attached hydrogen (secondary N) is 1. The number of halogens is 3. The summed E-state index contributed by atoms with van der Waals surface area (Å²) in [6.45, 7) is 1.75. The van der Waals surface area contributed by atoms with Crippen molar-refractivity contribution in [3.05, 3.63) is 68.2 Å². The van der Waals surface area contributed by atoms with Crippen LogP contribution < -0.4 is 5.32 Å². The minimum absolute atomic E-state index is 0.0224. The summed E-state index contributed by atoms with van der Waals surface area (Å²) in [5.41, 5.74) is 0.559. The van der Waals surface area contributed by atoms with Gasteiger partial charge in [0, 0.05) is 18.2 Å². The standard InChI is InChI=1S/C14H11BrF2N2O2/c1-8(9-2-4-10(16)5-3-9)18-13-7-12(17)11(15)6-14(13)19(20)21/h2-8,18H,1H3. The molecule has 2 rings (SSSR count). The second-order valence-corrected chi connectivity index (χ2v) is 5.31. The van der Waals surface area contributed by atoms with Gasteiger partial charge in [-0.1, -0.05) is 12.1 Å². The van der Waals surface area contributed by atoms with Crippen molar-refractivity contribution in [2.45, 2.75) is 13.0 Å². The zero-order valence-corrected chi connectivity index (χ0v) is 12.5. The second kappa shape index (κ2) is 6.17. The van der Waals surface area contributed by atoms with Gasteiger partial charge in [0.2, 0.25) is 0 Å². The summed E-state index contributed by atoms with van der Waals surface area (Å²) in [7, 11) is 0. The van der Waals surface area contributed by atoms with Crippen LogP contribution in [0.4, 0.5) is 20.2 Å². The first-order valence-electron chi connectivity index (χ1n) is 6.04. The number of nitrogens with zero attached hydrogens (tertiary/aromatic N) is 1. The van der Waals surface area contributed by atoms with E-state index >= 15 is 0 Å². The Morgan fingerprint density at radius 3 is 2.43 bits per heavy atom. The normalized spacial score (nSPS) is 12.0. The molecule has 110 valence electrons. The zero-order chi connectivity index (χ0) is 15.6. The molecule has 0 heterocycles. The van der Waals surface area contributed by atoms with Crippen LogP contribution >= 0.6 is 15.9 Å². The van der Waals surface area contributed by atoms with Crippen molar-refractivity contribution >= 4 is 27.3 Å². The van der Waals surface area contributed by atoms with E-state index in [1.807, 2.05) is 0 Å². The Bertz CT molecular complexity index is 677. The Labute approximate surface area is 128 Å². The average Bonchev–Trinajstić information content (AvgIpc) is 2.43. The quantitative estimate of drug-likeness (QED) is 0.631. The molecule has 0 bridgehead atoms. The summed E-state index contributed by atoms with van der Waals surface area (Å²) >= 11 is 2.92. The van der Waals surface area contributed by atoms with Gasteiger partial charge in [0.25, 0.3) is 5.69 Å². The first kappa shape index (κ1) is 15.4. The summed E-state index contributed by atoms with van der Waals surface area (Å²) in [6.07, 6.45) is 0. The van der Waals surface area contributed by atoms with Gasteiger partial charge in [0.05, 0.1) is 9.40 Å². The number of rotatable bonds is 4. The lowest BCUT2D eigenvalue weighted by molar-refractivity contribution is -0.384. The molecule has 0 aliphatic rings. The predicted molar refractivity (Wildman–Crippen MR) is 79.2 cm³/mol. The minimum Gasteiger partial charge on any atom is -0.373 e. The lowest BCUT2D eigenvalue weighted by Crippen LogP contribution is -2.09. The number of hydrogen-bond donors (Lipinski definition) is 1. The molecule has 1 N–H and O–H groups in total. The van der Waals surface area contributed by atoms with Crippen molar-refractivity contribution in [2.24, 2.45) is 0 Å². The van der Waals surface area contributed by atoms with E-state index in [0.29, 0.717) is 0 Å². The molecule has 1 atom stereocenters. The molecular formula is C14H11BrF2N2O2. The van der Waals surface area contributed by atoms with Gasteiger partial charge in [-0.15, -0.1) is 0 Å². The molecule has 0 fully saturated rings. The molecule has 0 aliphatic carbocycles. The highest BCUT2D eigenvalue weighted by Crippen LogP contribution is 2.32. The van der Waals surface area contributed by atoms with Gasteiger partial charge in [-0.25, -0.2) is 8.78 Å². The molecule has 21 heavy (non-hydrogen) atoms. The minimum atomic E-state index is -0.602. The maximum absolute atomic E-state index is 13.6. The molecule has 2 aromatic carbocycles. The number of benzene rings is 2. The Kier molecular flexibility index (Phi) is 4.52.